The van der Waals surface area contributed by atoms with Gasteiger partial charge < -0.3 is 10.2 Å². The fraction of sp³-hybridized carbons (Fsp3) is 0.300. The van der Waals surface area contributed by atoms with Crippen molar-refractivity contribution in [3.63, 3.8) is 0 Å². The predicted octanol–water partition coefficient (Wildman–Crippen LogP) is 2.94. The number of carbonyl (C=O) groups is 1. The zero-order valence-electron chi connectivity index (χ0n) is 15.6. The molecule has 27 heavy (non-hydrogen) atoms. The van der Waals surface area contributed by atoms with Gasteiger partial charge in [0.15, 0.2) is 0 Å². The highest BCUT2D eigenvalue weighted by Gasteiger charge is 2.22. The predicted molar refractivity (Wildman–Crippen MR) is 106 cm³/mol. The maximum absolute atomic E-state index is 12.9. The third kappa shape index (κ3) is 4.69. The van der Waals surface area contributed by atoms with E-state index in [-0.39, 0.29) is 5.91 Å². The Bertz CT molecular complexity index is 829. The van der Waals surface area contributed by atoms with Gasteiger partial charge in [-0.05, 0) is 54.1 Å². The number of rotatable bonds is 8. The van der Waals surface area contributed by atoms with E-state index in [9.17, 15) is 4.79 Å². The maximum Gasteiger partial charge on any atom is 0.249 e. The van der Waals surface area contributed by atoms with Crippen LogP contribution in [0.3, 0.4) is 0 Å². The average Bonchev–Trinajstić information content (AvgIpc) is 3.23. The van der Waals surface area contributed by atoms with Crippen LogP contribution in [0.4, 0.5) is 11.4 Å². The van der Waals surface area contributed by atoms with Crippen LogP contribution in [0.25, 0.3) is 0 Å². The minimum absolute atomic E-state index is 0.151. The monoisotopic (exact) mass is 364 g/mol. The Morgan fingerprint density at radius 2 is 1.78 bits per heavy atom. The van der Waals surface area contributed by atoms with Crippen LogP contribution in [0.5, 0.6) is 0 Å². The van der Waals surface area contributed by atoms with Gasteiger partial charge in [-0.25, -0.2) is 4.68 Å². The van der Waals surface area contributed by atoms with Crippen molar-refractivity contribution in [2.24, 2.45) is 0 Å². The maximum atomic E-state index is 12.9. The molecule has 2 aromatic carbocycles. The van der Waals surface area contributed by atoms with Crippen LogP contribution in [-0.4, -0.2) is 39.2 Å². The van der Waals surface area contributed by atoms with E-state index in [2.05, 4.69) is 39.6 Å². The summed E-state index contributed by atoms with van der Waals surface area (Å²) in [5.74, 6) is -0.151. The van der Waals surface area contributed by atoms with Crippen LogP contribution < -0.4 is 10.2 Å². The molecule has 0 fully saturated rings. The average molecular weight is 364 g/mol. The first-order valence-electron chi connectivity index (χ1n) is 9.13. The molecule has 0 aliphatic heterocycles. The second kappa shape index (κ2) is 8.93. The van der Waals surface area contributed by atoms with E-state index in [4.69, 9.17) is 0 Å². The third-order valence-corrected chi connectivity index (χ3v) is 4.52. The molecule has 1 N–H and O–H groups in total. The van der Waals surface area contributed by atoms with Gasteiger partial charge in [-0.1, -0.05) is 30.3 Å². The van der Waals surface area contributed by atoms with Crippen molar-refractivity contribution in [3.05, 3.63) is 66.5 Å². The summed E-state index contributed by atoms with van der Waals surface area (Å²) in [7, 11) is 0. The molecule has 0 unspecified atom stereocenters. The largest absolute Gasteiger partial charge is 0.372 e. The number of anilines is 2. The van der Waals surface area contributed by atoms with Crippen molar-refractivity contribution in [1.82, 2.24) is 20.2 Å². The number of tetrazole rings is 1. The summed E-state index contributed by atoms with van der Waals surface area (Å²) < 4.78 is 1.49. The lowest BCUT2D eigenvalue weighted by Gasteiger charge is -2.21. The fourth-order valence-electron chi connectivity index (χ4n) is 3.02. The summed E-state index contributed by atoms with van der Waals surface area (Å²) in [5, 5.41) is 14.2. The molecule has 3 aromatic rings. The zero-order chi connectivity index (χ0) is 19.1. The number of carbonyl (C=O) groups excluding carboxylic acids is 1. The van der Waals surface area contributed by atoms with E-state index in [0.29, 0.717) is 6.42 Å². The minimum Gasteiger partial charge on any atom is -0.372 e. The van der Waals surface area contributed by atoms with Gasteiger partial charge in [-0.15, -0.1) is 5.10 Å². The van der Waals surface area contributed by atoms with Crippen molar-refractivity contribution in [2.75, 3.05) is 23.3 Å². The molecule has 0 radical (unpaired) electrons. The van der Waals surface area contributed by atoms with E-state index in [0.717, 1.165) is 30.0 Å². The Morgan fingerprint density at radius 1 is 1.07 bits per heavy atom. The molecule has 1 amide bonds. The Labute approximate surface area is 159 Å². The van der Waals surface area contributed by atoms with Crippen molar-refractivity contribution in [2.45, 2.75) is 26.3 Å². The molecule has 0 bridgehead atoms. The van der Waals surface area contributed by atoms with Gasteiger partial charge in [0.05, 0.1) is 0 Å². The van der Waals surface area contributed by atoms with Crippen molar-refractivity contribution in [1.29, 1.82) is 0 Å². The summed E-state index contributed by atoms with van der Waals surface area (Å²) in [5.41, 5.74) is 2.94. The van der Waals surface area contributed by atoms with Gasteiger partial charge in [0.25, 0.3) is 0 Å². The van der Waals surface area contributed by atoms with Crippen LogP contribution in [0.1, 0.15) is 25.5 Å². The number of nitrogens with zero attached hydrogens (tertiary/aromatic N) is 5. The molecule has 0 aliphatic carbocycles. The highest BCUT2D eigenvalue weighted by atomic mass is 16.2. The topological polar surface area (TPSA) is 75.9 Å². The molecular weight excluding hydrogens is 340 g/mol. The highest BCUT2D eigenvalue weighted by Crippen LogP contribution is 2.20. The van der Waals surface area contributed by atoms with Gasteiger partial charge >= 0.3 is 0 Å². The Hall–Kier alpha value is -3.22. The lowest BCUT2D eigenvalue weighted by atomic mass is 10.1. The van der Waals surface area contributed by atoms with E-state index in [1.165, 1.54) is 11.0 Å². The van der Waals surface area contributed by atoms with Gasteiger partial charge in [0, 0.05) is 30.9 Å². The first-order chi connectivity index (χ1) is 13.2. The Kier molecular flexibility index (Phi) is 6.14. The zero-order valence-corrected chi connectivity index (χ0v) is 15.6. The lowest BCUT2D eigenvalue weighted by molar-refractivity contribution is -0.119. The molecule has 140 valence electrons. The summed E-state index contributed by atoms with van der Waals surface area (Å²) in [6.45, 7) is 6.14. The fourth-order valence-corrected chi connectivity index (χ4v) is 3.02. The summed E-state index contributed by atoms with van der Waals surface area (Å²) >= 11 is 0. The quantitative estimate of drug-likeness (QED) is 0.665. The van der Waals surface area contributed by atoms with Gasteiger partial charge in [0.1, 0.15) is 12.4 Å². The van der Waals surface area contributed by atoms with Crippen LogP contribution in [-0.2, 0) is 11.2 Å². The van der Waals surface area contributed by atoms with E-state index < -0.39 is 6.04 Å². The normalized spacial score (nSPS) is 11.8. The summed E-state index contributed by atoms with van der Waals surface area (Å²) in [6.07, 6.45) is 1.98. The Balaban J connectivity index is 1.74. The molecule has 7 heteroatoms. The SMILES string of the molecule is CCN(CC)c1ccc(NC(=O)[C@@H](Cc2ccccc2)n2cnnn2)cc1. The first-order valence-corrected chi connectivity index (χ1v) is 9.13. The molecule has 3 rings (SSSR count). The molecule has 1 heterocycles. The molecule has 7 nitrogen and oxygen atoms in total. The summed E-state index contributed by atoms with van der Waals surface area (Å²) in [4.78, 5) is 15.2. The van der Waals surface area contributed by atoms with E-state index in [1.54, 1.807) is 0 Å². The van der Waals surface area contributed by atoms with Crippen LogP contribution in [0.2, 0.25) is 0 Å². The molecule has 1 atom stereocenters. The third-order valence-electron chi connectivity index (χ3n) is 4.52. The minimum atomic E-state index is -0.523. The molecule has 1 aromatic heterocycles. The standard InChI is InChI=1S/C20H24N6O/c1-3-25(4-2)18-12-10-17(11-13-18)22-20(27)19(26-15-21-23-24-26)14-16-8-6-5-7-9-16/h5-13,15,19H,3-4,14H2,1-2H3,(H,22,27)/t19-/m1/s1. The van der Waals surface area contributed by atoms with Gasteiger partial charge in [0.2, 0.25) is 5.91 Å². The highest BCUT2D eigenvalue weighted by molar-refractivity contribution is 5.94. The summed E-state index contributed by atoms with van der Waals surface area (Å²) in [6, 6.07) is 17.2. The molecular formula is C20H24N6O. The molecule has 0 spiro atoms. The van der Waals surface area contributed by atoms with Crippen molar-refractivity contribution >= 4 is 17.3 Å². The number of aromatic nitrogens is 4. The number of hydrogen-bond donors (Lipinski definition) is 1. The van der Waals surface area contributed by atoms with E-state index in [1.807, 2.05) is 54.6 Å². The lowest BCUT2D eigenvalue weighted by Crippen LogP contribution is -2.28. The van der Waals surface area contributed by atoms with Crippen molar-refractivity contribution < 1.29 is 4.79 Å². The number of benzene rings is 2. The van der Waals surface area contributed by atoms with Crippen molar-refractivity contribution in [3.8, 4) is 0 Å². The van der Waals surface area contributed by atoms with E-state index >= 15 is 0 Å². The second-order valence-corrected chi connectivity index (χ2v) is 6.20. The second-order valence-electron chi connectivity index (χ2n) is 6.20. The van der Waals surface area contributed by atoms with Gasteiger partial charge in [-0.3, -0.25) is 4.79 Å². The number of nitrogens with one attached hydrogen (secondary N) is 1. The Morgan fingerprint density at radius 3 is 2.37 bits per heavy atom. The first kappa shape index (κ1) is 18.6. The molecule has 0 saturated heterocycles. The molecule has 0 saturated carbocycles. The molecule has 0 aliphatic rings. The van der Waals surface area contributed by atoms with Crippen LogP contribution >= 0.6 is 0 Å². The van der Waals surface area contributed by atoms with Crippen LogP contribution in [0, 0.1) is 0 Å². The number of amides is 1. The van der Waals surface area contributed by atoms with Gasteiger partial charge in [-0.2, -0.15) is 0 Å². The smallest absolute Gasteiger partial charge is 0.249 e. The number of hydrogen-bond acceptors (Lipinski definition) is 5. The van der Waals surface area contributed by atoms with Crippen LogP contribution in [0.15, 0.2) is 60.9 Å².